The summed E-state index contributed by atoms with van der Waals surface area (Å²) in [5.41, 5.74) is 2.59. The van der Waals surface area contributed by atoms with Crippen molar-refractivity contribution >= 4 is 35.8 Å². The van der Waals surface area contributed by atoms with Crippen LogP contribution in [0.25, 0.3) is 0 Å². The van der Waals surface area contributed by atoms with Crippen LogP contribution < -0.4 is 5.32 Å². The lowest BCUT2D eigenvalue weighted by Gasteiger charge is -2.22. The van der Waals surface area contributed by atoms with Crippen LogP contribution in [0.4, 0.5) is 0 Å². The van der Waals surface area contributed by atoms with E-state index in [1.807, 2.05) is 7.05 Å². The lowest BCUT2D eigenvalue weighted by atomic mass is 10.1. The van der Waals surface area contributed by atoms with Gasteiger partial charge in [0.1, 0.15) is 0 Å². The molecule has 1 aromatic rings. The van der Waals surface area contributed by atoms with Gasteiger partial charge in [0.25, 0.3) is 0 Å². The first kappa shape index (κ1) is 21.7. The zero-order chi connectivity index (χ0) is 16.5. The van der Waals surface area contributed by atoms with Crippen LogP contribution in [0.5, 0.6) is 0 Å². The number of aliphatic imine (C=N–C) groups is 1. The number of nitrogens with zero attached hydrogens (tertiary/aromatic N) is 3. The van der Waals surface area contributed by atoms with Crippen molar-refractivity contribution in [3.63, 3.8) is 0 Å². The van der Waals surface area contributed by atoms with E-state index >= 15 is 0 Å². The first-order valence-corrected chi connectivity index (χ1v) is 7.67. The number of benzene rings is 1. The molecule has 130 valence electrons. The average Bonchev–Trinajstić information content (AvgIpc) is 2.51. The maximum Gasteiger partial charge on any atom is 0.223 e. The molecule has 1 N–H and O–H groups in total. The highest BCUT2D eigenvalue weighted by atomic mass is 127. The molecule has 0 aliphatic heterocycles. The van der Waals surface area contributed by atoms with E-state index in [4.69, 9.17) is 0 Å². The molecule has 5 nitrogen and oxygen atoms in total. The minimum absolute atomic E-state index is 0. The molecule has 0 heterocycles. The van der Waals surface area contributed by atoms with Gasteiger partial charge in [-0.1, -0.05) is 31.2 Å². The van der Waals surface area contributed by atoms with Crippen molar-refractivity contribution < 1.29 is 4.79 Å². The Morgan fingerprint density at radius 2 is 1.70 bits per heavy atom. The summed E-state index contributed by atoms with van der Waals surface area (Å²) in [4.78, 5) is 19.5. The van der Waals surface area contributed by atoms with Gasteiger partial charge in [-0.2, -0.15) is 0 Å². The largest absolute Gasteiger partial charge is 0.356 e. The van der Waals surface area contributed by atoms with E-state index < -0.39 is 0 Å². The van der Waals surface area contributed by atoms with E-state index in [0.29, 0.717) is 13.0 Å². The van der Waals surface area contributed by atoms with Crippen LogP contribution >= 0.6 is 24.0 Å². The third kappa shape index (κ3) is 7.67. The van der Waals surface area contributed by atoms with Gasteiger partial charge in [0.2, 0.25) is 5.91 Å². The highest BCUT2D eigenvalue weighted by Crippen LogP contribution is 2.07. The standard InChI is InChI=1S/C17H28N4O.HI/c1-6-14-7-9-15(10-8-14)13-21(5)17(18-2)19-12-11-16(22)20(3)4;/h7-10H,6,11-13H2,1-5H3,(H,18,19);1H. The van der Waals surface area contributed by atoms with Gasteiger partial charge >= 0.3 is 0 Å². The monoisotopic (exact) mass is 432 g/mol. The Labute approximate surface area is 157 Å². The van der Waals surface area contributed by atoms with E-state index in [9.17, 15) is 4.79 Å². The Bertz CT molecular complexity index is 500. The zero-order valence-electron chi connectivity index (χ0n) is 14.8. The molecule has 0 radical (unpaired) electrons. The van der Waals surface area contributed by atoms with Crippen molar-refractivity contribution in [2.45, 2.75) is 26.3 Å². The predicted molar refractivity (Wildman–Crippen MR) is 107 cm³/mol. The Hall–Kier alpha value is -1.31. The zero-order valence-corrected chi connectivity index (χ0v) is 17.1. The maximum atomic E-state index is 11.6. The van der Waals surface area contributed by atoms with Crippen molar-refractivity contribution in [3.8, 4) is 0 Å². The van der Waals surface area contributed by atoms with Gasteiger partial charge in [-0.15, -0.1) is 24.0 Å². The molecule has 0 aliphatic rings. The van der Waals surface area contributed by atoms with E-state index in [2.05, 4.69) is 46.4 Å². The Kier molecular flexibility index (Phi) is 10.6. The van der Waals surface area contributed by atoms with E-state index in [0.717, 1.165) is 18.9 Å². The Morgan fingerprint density at radius 1 is 1.13 bits per heavy atom. The molecule has 0 unspecified atom stereocenters. The van der Waals surface area contributed by atoms with Crippen LogP contribution in [0.1, 0.15) is 24.5 Å². The lowest BCUT2D eigenvalue weighted by Crippen LogP contribution is -2.40. The second-order valence-electron chi connectivity index (χ2n) is 5.54. The number of halogens is 1. The van der Waals surface area contributed by atoms with E-state index in [1.165, 1.54) is 11.1 Å². The van der Waals surface area contributed by atoms with Crippen LogP contribution in [-0.2, 0) is 17.8 Å². The molecule has 0 bridgehead atoms. The molecular weight excluding hydrogens is 403 g/mol. The van der Waals surface area contributed by atoms with Crippen molar-refractivity contribution in [2.75, 3.05) is 34.7 Å². The molecule has 23 heavy (non-hydrogen) atoms. The van der Waals surface area contributed by atoms with Crippen LogP contribution in [0.3, 0.4) is 0 Å². The fourth-order valence-electron chi connectivity index (χ4n) is 2.12. The summed E-state index contributed by atoms with van der Waals surface area (Å²) >= 11 is 0. The van der Waals surface area contributed by atoms with Crippen molar-refractivity contribution in [1.82, 2.24) is 15.1 Å². The summed E-state index contributed by atoms with van der Waals surface area (Å²) in [6, 6.07) is 8.63. The average molecular weight is 432 g/mol. The summed E-state index contributed by atoms with van der Waals surface area (Å²) in [5.74, 6) is 0.909. The van der Waals surface area contributed by atoms with Gasteiger partial charge in [0.05, 0.1) is 0 Å². The number of nitrogens with one attached hydrogen (secondary N) is 1. The van der Waals surface area contributed by atoms with Gasteiger partial charge in [0.15, 0.2) is 5.96 Å². The normalized spacial score (nSPS) is 10.7. The van der Waals surface area contributed by atoms with Gasteiger partial charge in [-0.05, 0) is 17.5 Å². The number of carbonyl (C=O) groups is 1. The van der Waals surface area contributed by atoms with Gasteiger partial charge in [-0.3, -0.25) is 9.79 Å². The summed E-state index contributed by atoms with van der Waals surface area (Å²) in [6.45, 7) is 3.52. The first-order valence-electron chi connectivity index (χ1n) is 7.67. The minimum atomic E-state index is 0. The quantitative estimate of drug-likeness (QED) is 0.427. The van der Waals surface area contributed by atoms with Crippen LogP contribution in [-0.4, -0.2) is 56.4 Å². The third-order valence-electron chi connectivity index (χ3n) is 3.55. The second-order valence-corrected chi connectivity index (χ2v) is 5.54. The highest BCUT2D eigenvalue weighted by Gasteiger charge is 2.08. The molecule has 0 atom stereocenters. The molecule has 0 aromatic heterocycles. The third-order valence-corrected chi connectivity index (χ3v) is 3.55. The number of carbonyl (C=O) groups excluding carboxylic acids is 1. The number of hydrogen-bond acceptors (Lipinski definition) is 2. The molecule has 0 spiro atoms. The predicted octanol–water partition coefficient (Wildman–Crippen LogP) is 2.35. The number of guanidine groups is 1. The Balaban J connectivity index is 0.00000484. The fraction of sp³-hybridized carbons (Fsp3) is 0.529. The van der Waals surface area contributed by atoms with Gasteiger partial charge in [-0.25, -0.2) is 0 Å². The Morgan fingerprint density at radius 3 is 2.17 bits per heavy atom. The highest BCUT2D eigenvalue weighted by molar-refractivity contribution is 14.0. The molecule has 0 aliphatic carbocycles. The van der Waals surface area contributed by atoms with E-state index in [1.54, 1.807) is 26.0 Å². The van der Waals surface area contributed by atoms with Crippen molar-refractivity contribution in [2.24, 2.45) is 4.99 Å². The fourth-order valence-corrected chi connectivity index (χ4v) is 2.12. The van der Waals surface area contributed by atoms with E-state index in [-0.39, 0.29) is 29.9 Å². The molecule has 0 fully saturated rings. The molecule has 0 saturated heterocycles. The van der Waals surface area contributed by atoms with Gasteiger partial charge < -0.3 is 15.1 Å². The summed E-state index contributed by atoms with van der Waals surface area (Å²) in [5, 5.41) is 3.23. The number of amides is 1. The van der Waals surface area contributed by atoms with Gasteiger partial charge in [0, 0.05) is 47.7 Å². The topological polar surface area (TPSA) is 47.9 Å². The molecule has 1 aromatic carbocycles. The first-order chi connectivity index (χ1) is 10.5. The molecule has 1 rings (SSSR count). The summed E-state index contributed by atoms with van der Waals surface area (Å²) < 4.78 is 0. The maximum absolute atomic E-state index is 11.6. The number of aryl methyl sites for hydroxylation is 1. The summed E-state index contributed by atoms with van der Waals surface area (Å²) in [7, 11) is 7.29. The molecule has 6 heteroatoms. The minimum Gasteiger partial charge on any atom is -0.356 e. The number of hydrogen-bond donors (Lipinski definition) is 1. The molecular formula is C17H29IN4O. The molecule has 0 saturated carbocycles. The second kappa shape index (κ2) is 11.3. The van der Waals surface area contributed by atoms with Crippen LogP contribution in [0.2, 0.25) is 0 Å². The molecule has 1 amide bonds. The van der Waals surface area contributed by atoms with Crippen LogP contribution in [0.15, 0.2) is 29.3 Å². The lowest BCUT2D eigenvalue weighted by molar-refractivity contribution is -0.128. The SMILES string of the molecule is CCc1ccc(CN(C)C(=NC)NCCC(=O)N(C)C)cc1.I. The van der Waals surface area contributed by atoms with Crippen molar-refractivity contribution in [3.05, 3.63) is 35.4 Å². The number of rotatable bonds is 6. The smallest absolute Gasteiger partial charge is 0.223 e. The van der Waals surface area contributed by atoms with Crippen molar-refractivity contribution in [1.29, 1.82) is 0 Å². The summed E-state index contributed by atoms with van der Waals surface area (Å²) in [6.07, 6.45) is 1.52. The van der Waals surface area contributed by atoms with Crippen LogP contribution in [0, 0.1) is 0 Å².